The second-order valence-corrected chi connectivity index (χ2v) is 5.59. The van der Waals surface area contributed by atoms with Crippen LogP contribution in [-0.2, 0) is 13.0 Å². The summed E-state index contributed by atoms with van der Waals surface area (Å²) in [5.74, 6) is 0.794. The monoisotopic (exact) mass is 266 g/mol. The predicted molar refractivity (Wildman–Crippen MR) is 78.1 cm³/mol. The van der Waals surface area contributed by atoms with Crippen molar-refractivity contribution < 1.29 is 0 Å². The van der Waals surface area contributed by atoms with Gasteiger partial charge in [-0.1, -0.05) is 30.7 Å². The third kappa shape index (κ3) is 3.25. The lowest BCUT2D eigenvalue weighted by atomic mass is 10.0. The van der Waals surface area contributed by atoms with Crippen LogP contribution in [0.1, 0.15) is 24.5 Å². The first-order valence-corrected chi connectivity index (χ1v) is 7.25. The first kappa shape index (κ1) is 13.9. The topological polar surface area (TPSA) is 15.3 Å². The van der Waals surface area contributed by atoms with Gasteiger partial charge in [-0.15, -0.1) is 0 Å². The van der Waals surface area contributed by atoms with Crippen molar-refractivity contribution in [3.8, 4) is 0 Å². The van der Waals surface area contributed by atoms with Crippen molar-refractivity contribution in [2.75, 3.05) is 26.7 Å². The molecule has 0 amide bonds. The molecule has 1 heterocycles. The Balaban J connectivity index is 2.02. The van der Waals surface area contributed by atoms with E-state index in [1.807, 2.05) is 13.1 Å². The normalized spacial score (nSPS) is 20.5. The Morgan fingerprint density at radius 1 is 1.44 bits per heavy atom. The molecule has 3 heteroatoms. The number of rotatable bonds is 5. The first-order chi connectivity index (χ1) is 8.74. The number of hydrogen-bond acceptors (Lipinski definition) is 2. The number of benzene rings is 1. The minimum Gasteiger partial charge on any atom is -0.319 e. The molecule has 100 valence electrons. The molecule has 0 radical (unpaired) electrons. The molecule has 0 aromatic heterocycles. The van der Waals surface area contributed by atoms with Crippen molar-refractivity contribution >= 4 is 11.6 Å². The molecule has 1 aromatic rings. The maximum Gasteiger partial charge on any atom is 0.0453 e. The van der Waals surface area contributed by atoms with E-state index in [0.717, 1.165) is 30.5 Å². The van der Waals surface area contributed by atoms with Crippen LogP contribution < -0.4 is 5.32 Å². The molecular formula is C15H23ClN2. The number of likely N-dealkylation sites (tertiary alicyclic amines) is 1. The van der Waals surface area contributed by atoms with Gasteiger partial charge in [0.05, 0.1) is 0 Å². The lowest BCUT2D eigenvalue weighted by molar-refractivity contribution is 0.314. The third-order valence-electron chi connectivity index (χ3n) is 3.84. The van der Waals surface area contributed by atoms with Crippen LogP contribution in [0, 0.1) is 5.92 Å². The van der Waals surface area contributed by atoms with Crippen LogP contribution in [0.15, 0.2) is 18.2 Å². The van der Waals surface area contributed by atoms with Crippen LogP contribution >= 0.6 is 11.6 Å². The van der Waals surface area contributed by atoms with E-state index in [9.17, 15) is 0 Å². The fourth-order valence-corrected chi connectivity index (χ4v) is 3.10. The zero-order chi connectivity index (χ0) is 13.0. The molecule has 2 nitrogen and oxygen atoms in total. The summed E-state index contributed by atoms with van der Waals surface area (Å²) in [6, 6.07) is 6.26. The van der Waals surface area contributed by atoms with Crippen LogP contribution in [0.4, 0.5) is 0 Å². The summed E-state index contributed by atoms with van der Waals surface area (Å²) in [6.07, 6.45) is 2.36. The Labute approximate surface area is 115 Å². The number of aryl methyl sites for hydroxylation is 1. The van der Waals surface area contributed by atoms with Crippen molar-refractivity contribution in [2.24, 2.45) is 5.92 Å². The summed E-state index contributed by atoms with van der Waals surface area (Å²) in [7, 11) is 2.03. The number of nitrogens with one attached hydrogen (secondary N) is 1. The van der Waals surface area contributed by atoms with Crippen molar-refractivity contribution in [1.82, 2.24) is 10.2 Å². The van der Waals surface area contributed by atoms with Gasteiger partial charge in [-0.2, -0.15) is 0 Å². The van der Waals surface area contributed by atoms with E-state index < -0.39 is 0 Å². The second-order valence-electron chi connectivity index (χ2n) is 5.18. The van der Waals surface area contributed by atoms with Crippen molar-refractivity contribution in [2.45, 2.75) is 26.3 Å². The van der Waals surface area contributed by atoms with E-state index >= 15 is 0 Å². The van der Waals surface area contributed by atoms with E-state index in [0.29, 0.717) is 0 Å². The maximum absolute atomic E-state index is 6.35. The van der Waals surface area contributed by atoms with Crippen molar-refractivity contribution in [1.29, 1.82) is 0 Å². The van der Waals surface area contributed by atoms with Gasteiger partial charge in [0.2, 0.25) is 0 Å². The largest absolute Gasteiger partial charge is 0.319 e. The van der Waals surface area contributed by atoms with Crippen molar-refractivity contribution in [3.05, 3.63) is 34.3 Å². The van der Waals surface area contributed by atoms with Gasteiger partial charge in [-0.05, 0) is 56.1 Å². The van der Waals surface area contributed by atoms with E-state index in [1.54, 1.807) is 0 Å². The second kappa shape index (κ2) is 6.55. The molecular weight excluding hydrogens is 244 g/mol. The highest BCUT2D eigenvalue weighted by Crippen LogP contribution is 2.25. The summed E-state index contributed by atoms with van der Waals surface area (Å²) < 4.78 is 0. The zero-order valence-electron chi connectivity index (χ0n) is 11.4. The Hall–Kier alpha value is -0.570. The van der Waals surface area contributed by atoms with Gasteiger partial charge in [-0.3, -0.25) is 4.90 Å². The standard InChI is InChI=1S/C15H23ClN2/c1-3-13-5-4-6-15(16)14(13)11-18-8-7-12(10-18)9-17-2/h4-6,12,17H,3,7-11H2,1-2H3. The molecule has 1 aromatic carbocycles. The molecule has 0 saturated carbocycles. The predicted octanol–water partition coefficient (Wildman–Crippen LogP) is 2.94. The van der Waals surface area contributed by atoms with Crippen LogP contribution in [0.3, 0.4) is 0 Å². The zero-order valence-corrected chi connectivity index (χ0v) is 12.1. The summed E-state index contributed by atoms with van der Waals surface area (Å²) in [4.78, 5) is 2.53. The highest BCUT2D eigenvalue weighted by Gasteiger charge is 2.22. The fraction of sp³-hybridized carbons (Fsp3) is 0.600. The van der Waals surface area contributed by atoms with E-state index in [2.05, 4.69) is 29.3 Å². The van der Waals surface area contributed by atoms with Crippen LogP contribution in [0.25, 0.3) is 0 Å². The summed E-state index contributed by atoms with van der Waals surface area (Å²) >= 11 is 6.35. The Morgan fingerprint density at radius 3 is 3.00 bits per heavy atom. The van der Waals surface area contributed by atoms with E-state index in [-0.39, 0.29) is 0 Å². The molecule has 1 fully saturated rings. The third-order valence-corrected chi connectivity index (χ3v) is 4.20. The smallest absolute Gasteiger partial charge is 0.0453 e. The molecule has 0 spiro atoms. The molecule has 18 heavy (non-hydrogen) atoms. The molecule has 1 unspecified atom stereocenters. The summed E-state index contributed by atoms with van der Waals surface area (Å²) in [5, 5.41) is 4.20. The fourth-order valence-electron chi connectivity index (χ4n) is 2.85. The highest BCUT2D eigenvalue weighted by molar-refractivity contribution is 6.31. The Bertz CT molecular complexity index is 392. The Morgan fingerprint density at radius 2 is 2.28 bits per heavy atom. The van der Waals surface area contributed by atoms with E-state index in [4.69, 9.17) is 11.6 Å². The molecule has 2 rings (SSSR count). The lowest BCUT2D eigenvalue weighted by Crippen LogP contribution is -2.24. The molecule has 0 bridgehead atoms. The summed E-state index contributed by atoms with van der Waals surface area (Å²) in [5.41, 5.74) is 2.71. The number of hydrogen-bond donors (Lipinski definition) is 1. The SMILES string of the molecule is CCc1cccc(Cl)c1CN1CCC(CNC)C1. The van der Waals surface area contributed by atoms with Crippen molar-refractivity contribution in [3.63, 3.8) is 0 Å². The minimum absolute atomic E-state index is 0.794. The van der Waals surface area contributed by atoms with Gasteiger partial charge in [-0.25, -0.2) is 0 Å². The van der Waals surface area contributed by atoms with Gasteiger partial charge in [0.15, 0.2) is 0 Å². The maximum atomic E-state index is 6.35. The first-order valence-electron chi connectivity index (χ1n) is 6.87. The van der Waals surface area contributed by atoms with Crippen LogP contribution in [0.2, 0.25) is 5.02 Å². The van der Waals surface area contributed by atoms with Crippen LogP contribution in [0.5, 0.6) is 0 Å². The van der Waals surface area contributed by atoms with Crippen LogP contribution in [-0.4, -0.2) is 31.6 Å². The molecule has 1 aliphatic heterocycles. The van der Waals surface area contributed by atoms with Gasteiger partial charge in [0.25, 0.3) is 0 Å². The van der Waals surface area contributed by atoms with Gasteiger partial charge in [0, 0.05) is 18.1 Å². The molecule has 1 atom stereocenters. The average molecular weight is 267 g/mol. The summed E-state index contributed by atoms with van der Waals surface area (Å²) in [6.45, 7) is 6.71. The Kier molecular flexibility index (Phi) is 5.04. The lowest BCUT2D eigenvalue weighted by Gasteiger charge is -2.19. The number of halogens is 1. The van der Waals surface area contributed by atoms with E-state index in [1.165, 1.54) is 30.6 Å². The minimum atomic E-state index is 0.794. The highest BCUT2D eigenvalue weighted by atomic mass is 35.5. The average Bonchev–Trinajstić information content (AvgIpc) is 2.80. The van der Waals surface area contributed by atoms with Gasteiger partial charge < -0.3 is 5.32 Å². The van der Waals surface area contributed by atoms with Gasteiger partial charge in [0.1, 0.15) is 0 Å². The number of nitrogens with zero attached hydrogens (tertiary/aromatic N) is 1. The van der Waals surface area contributed by atoms with Gasteiger partial charge >= 0.3 is 0 Å². The molecule has 0 aliphatic carbocycles. The quantitative estimate of drug-likeness (QED) is 0.882. The molecule has 1 N–H and O–H groups in total. The molecule has 1 aliphatic rings. The molecule has 1 saturated heterocycles.